The summed E-state index contributed by atoms with van der Waals surface area (Å²) in [5.41, 5.74) is 1.79. The Morgan fingerprint density at radius 1 is 1.00 bits per heavy atom. The molecule has 0 atom stereocenters. The zero-order valence-corrected chi connectivity index (χ0v) is 12.6. The van der Waals surface area contributed by atoms with Gasteiger partial charge in [0.1, 0.15) is 5.75 Å². The van der Waals surface area contributed by atoms with Crippen molar-refractivity contribution in [1.29, 1.82) is 0 Å². The highest BCUT2D eigenvalue weighted by Crippen LogP contribution is 2.14. The third-order valence-corrected chi connectivity index (χ3v) is 3.20. The van der Waals surface area contributed by atoms with Crippen LogP contribution in [0.25, 0.3) is 0 Å². The Morgan fingerprint density at radius 2 is 1.64 bits per heavy atom. The molecule has 2 rings (SSSR count). The quantitative estimate of drug-likeness (QED) is 0.717. The van der Waals surface area contributed by atoms with Crippen molar-refractivity contribution in [2.75, 3.05) is 6.73 Å². The number of nitrogens with one attached hydrogen (secondary N) is 2. The van der Waals surface area contributed by atoms with E-state index < -0.39 is 0 Å². The van der Waals surface area contributed by atoms with Gasteiger partial charge in [-0.1, -0.05) is 35.9 Å². The fourth-order valence-electron chi connectivity index (χ4n) is 1.72. The molecule has 0 aliphatic heterocycles. The van der Waals surface area contributed by atoms with Crippen LogP contribution < -0.4 is 15.4 Å². The molecule has 2 aromatic rings. The number of hydrogen-bond acceptors (Lipinski definition) is 3. The van der Waals surface area contributed by atoms with Crippen LogP contribution in [0.15, 0.2) is 48.5 Å². The van der Waals surface area contributed by atoms with E-state index in [4.69, 9.17) is 21.4 Å². The maximum Gasteiger partial charge on any atom is 0.317 e. The van der Waals surface area contributed by atoms with Gasteiger partial charge < -0.3 is 20.5 Å². The SMILES string of the molecule is O=C(NCOc1ccc(Cl)cc1)NCc1ccc(CO)cc1. The van der Waals surface area contributed by atoms with Gasteiger partial charge in [0, 0.05) is 11.6 Å². The van der Waals surface area contributed by atoms with Gasteiger partial charge in [0.15, 0.2) is 6.73 Å². The predicted octanol–water partition coefficient (Wildman–Crippen LogP) is 2.67. The Kier molecular flexibility index (Phi) is 6.06. The van der Waals surface area contributed by atoms with Crippen LogP contribution in [0, 0.1) is 0 Å². The largest absolute Gasteiger partial charge is 0.473 e. The topological polar surface area (TPSA) is 70.6 Å². The van der Waals surface area contributed by atoms with Crippen molar-refractivity contribution in [3.63, 3.8) is 0 Å². The van der Waals surface area contributed by atoms with Crippen molar-refractivity contribution in [3.8, 4) is 5.75 Å². The molecule has 3 N–H and O–H groups in total. The first-order valence-corrected chi connectivity index (χ1v) is 7.14. The molecule has 5 nitrogen and oxygen atoms in total. The molecule has 6 heteroatoms. The van der Waals surface area contributed by atoms with E-state index in [0.717, 1.165) is 11.1 Å². The number of hydrogen-bond donors (Lipinski definition) is 3. The van der Waals surface area contributed by atoms with Gasteiger partial charge >= 0.3 is 6.03 Å². The molecule has 0 saturated heterocycles. The number of aliphatic hydroxyl groups excluding tert-OH is 1. The minimum absolute atomic E-state index is 0.0102. The fourth-order valence-corrected chi connectivity index (χ4v) is 1.85. The molecule has 0 fully saturated rings. The summed E-state index contributed by atoms with van der Waals surface area (Å²) in [6.45, 7) is 0.478. The van der Waals surface area contributed by atoms with E-state index in [1.807, 2.05) is 24.3 Å². The molecule has 0 aliphatic rings. The van der Waals surface area contributed by atoms with Gasteiger partial charge in [-0.2, -0.15) is 0 Å². The second kappa shape index (κ2) is 8.26. The highest BCUT2D eigenvalue weighted by Gasteiger charge is 2.01. The molecule has 116 valence electrons. The highest BCUT2D eigenvalue weighted by atomic mass is 35.5. The first kappa shape index (κ1) is 16.1. The van der Waals surface area contributed by atoms with Crippen molar-refractivity contribution in [1.82, 2.24) is 10.6 Å². The van der Waals surface area contributed by atoms with Gasteiger partial charge in [-0.3, -0.25) is 0 Å². The summed E-state index contributed by atoms with van der Waals surface area (Å²) in [4.78, 5) is 11.6. The lowest BCUT2D eigenvalue weighted by molar-refractivity contribution is 0.223. The zero-order chi connectivity index (χ0) is 15.8. The smallest absolute Gasteiger partial charge is 0.317 e. The number of rotatable bonds is 6. The Bertz CT molecular complexity index is 600. The lowest BCUT2D eigenvalue weighted by Crippen LogP contribution is -2.37. The van der Waals surface area contributed by atoms with Crippen LogP contribution >= 0.6 is 11.6 Å². The van der Waals surface area contributed by atoms with E-state index >= 15 is 0 Å². The predicted molar refractivity (Wildman–Crippen MR) is 84.7 cm³/mol. The average Bonchev–Trinajstić information content (AvgIpc) is 2.55. The molecule has 2 aromatic carbocycles. The molecule has 0 bridgehead atoms. The highest BCUT2D eigenvalue weighted by molar-refractivity contribution is 6.30. The maximum atomic E-state index is 11.6. The van der Waals surface area contributed by atoms with Crippen molar-refractivity contribution in [3.05, 3.63) is 64.7 Å². The monoisotopic (exact) mass is 320 g/mol. The van der Waals surface area contributed by atoms with Crippen LogP contribution in [-0.2, 0) is 13.2 Å². The number of halogens is 1. The second-order valence-electron chi connectivity index (χ2n) is 4.58. The van der Waals surface area contributed by atoms with Crippen LogP contribution in [0.3, 0.4) is 0 Å². The summed E-state index contributed by atoms with van der Waals surface area (Å²) in [5, 5.41) is 14.9. The Morgan fingerprint density at radius 3 is 2.27 bits per heavy atom. The molecule has 0 spiro atoms. The third-order valence-electron chi connectivity index (χ3n) is 2.94. The average molecular weight is 321 g/mol. The van der Waals surface area contributed by atoms with Gasteiger partial charge in [0.2, 0.25) is 0 Å². The lowest BCUT2D eigenvalue weighted by Gasteiger charge is -2.09. The molecule has 22 heavy (non-hydrogen) atoms. The van der Waals surface area contributed by atoms with E-state index in [1.54, 1.807) is 24.3 Å². The Balaban J connectivity index is 1.68. The number of urea groups is 1. The van der Waals surface area contributed by atoms with Crippen molar-refractivity contribution < 1.29 is 14.6 Å². The van der Waals surface area contributed by atoms with Crippen molar-refractivity contribution in [2.45, 2.75) is 13.2 Å². The molecular formula is C16H17ClN2O3. The minimum Gasteiger partial charge on any atom is -0.473 e. The zero-order valence-electron chi connectivity index (χ0n) is 11.9. The van der Waals surface area contributed by atoms with Crippen LogP contribution in [0.1, 0.15) is 11.1 Å². The number of aliphatic hydroxyl groups is 1. The lowest BCUT2D eigenvalue weighted by atomic mass is 10.1. The van der Waals surface area contributed by atoms with Crippen LogP contribution in [0.2, 0.25) is 5.02 Å². The van der Waals surface area contributed by atoms with E-state index in [-0.39, 0.29) is 19.4 Å². The summed E-state index contributed by atoms with van der Waals surface area (Å²) in [6.07, 6.45) is 0. The Labute approximate surface area is 133 Å². The molecule has 0 radical (unpaired) electrons. The molecular weight excluding hydrogens is 304 g/mol. The molecule has 0 heterocycles. The van der Waals surface area contributed by atoms with Gasteiger partial charge in [0.25, 0.3) is 0 Å². The molecule has 0 aromatic heterocycles. The minimum atomic E-state index is -0.319. The number of ether oxygens (including phenoxy) is 1. The van der Waals surface area contributed by atoms with Crippen LogP contribution in [-0.4, -0.2) is 17.9 Å². The summed E-state index contributed by atoms with van der Waals surface area (Å²) in [5.74, 6) is 0.629. The molecule has 2 amide bonds. The second-order valence-corrected chi connectivity index (χ2v) is 5.01. The van der Waals surface area contributed by atoms with E-state index in [1.165, 1.54) is 0 Å². The molecule has 0 unspecified atom stereocenters. The summed E-state index contributed by atoms with van der Waals surface area (Å²) in [7, 11) is 0. The van der Waals surface area contributed by atoms with E-state index in [2.05, 4.69) is 10.6 Å². The third kappa shape index (κ3) is 5.27. The first-order chi connectivity index (χ1) is 10.7. The van der Waals surface area contributed by atoms with Crippen molar-refractivity contribution >= 4 is 17.6 Å². The number of benzene rings is 2. The van der Waals surface area contributed by atoms with Crippen molar-refractivity contribution in [2.24, 2.45) is 0 Å². The first-order valence-electron chi connectivity index (χ1n) is 6.76. The van der Waals surface area contributed by atoms with Crippen LogP contribution in [0.5, 0.6) is 5.75 Å². The Hall–Kier alpha value is -2.24. The molecule has 0 aliphatic carbocycles. The van der Waals surface area contributed by atoms with E-state index in [0.29, 0.717) is 17.3 Å². The summed E-state index contributed by atoms with van der Waals surface area (Å²) in [6, 6.07) is 13.9. The molecule has 0 saturated carbocycles. The summed E-state index contributed by atoms with van der Waals surface area (Å²) < 4.78 is 5.36. The van der Waals surface area contributed by atoms with E-state index in [9.17, 15) is 4.79 Å². The summed E-state index contributed by atoms with van der Waals surface area (Å²) >= 11 is 5.77. The number of carbonyl (C=O) groups excluding carboxylic acids is 1. The number of amides is 2. The normalized spacial score (nSPS) is 10.1. The fraction of sp³-hybridized carbons (Fsp3) is 0.188. The number of carbonyl (C=O) groups is 1. The standard InChI is InChI=1S/C16H17ClN2O3/c17-14-5-7-15(8-6-14)22-11-19-16(21)18-9-12-1-3-13(10-20)4-2-12/h1-8,20H,9-11H2,(H2,18,19,21). The maximum absolute atomic E-state index is 11.6. The van der Waals surface area contributed by atoms with Gasteiger partial charge in [-0.15, -0.1) is 0 Å². The van der Waals surface area contributed by atoms with Gasteiger partial charge in [-0.05, 0) is 35.4 Å². The van der Waals surface area contributed by atoms with Gasteiger partial charge in [0.05, 0.1) is 6.61 Å². The van der Waals surface area contributed by atoms with Gasteiger partial charge in [-0.25, -0.2) is 4.79 Å². The van der Waals surface area contributed by atoms with Crippen LogP contribution in [0.4, 0.5) is 4.79 Å².